The second kappa shape index (κ2) is 5.72. The third-order valence-electron chi connectivity index (χ3n) is 3.63. The van der Waals surface area contributed by atoms with Crippen molar-refractivity contribution in [1.29, 1.82) is 0 Å². The molecule has 1 aromatic carbocycles. The highest BCUT2D eigenvalue weighted by Gasteiger charge is 2.38. The number of benzene rings is 1. The van der Waals surface area contributed by atoms with E-state index in [4.69, 9.17) is 10.3 Å². The molecule has 0 bridgehead atoms. The normalized spacial score (nSPS) is 16.5. The molecule has 1 saturated carbocycles. The summed E-state index contributed by atoms with van der Waals surface area (Å²) in [6.07, 6.45) is 4.77. The number of hydrogen-bond acceptors (Lipinski definition) is 4. The Morgan fingerprint density at radius 3 is 2.53 bits per heavy atom. The molecule has 0 atom stereocenters. The zero-order valence-corrected chi connectivity index (χ0v) is 11.5. The van der Waals surface area contributed by atoms with Crippen LogP contribution in [0.2, 0.25) is 0 Å². The maximum absolute atomic E-state index is 6.16. The van der Waals surface area contributed by atoms with E-state index in [0.717, 1.165) is 32.1 Å². The zero-order chi connectivity index (χ0) is 12.4. The summed E-state index contributed by atoms with van der Waals surface area (Å²) >= 11 is 0. The summed E-state index contributed by atoms with van der Waals surface area (Å²) in [5.41, 5.74) is 7.12. The number of nitrogens with zero attached hydrogens (tertiary/aromatic N) is 2. The number of halogens is 1. The van der Waals surface area contributed by atoms with Crippen LogP contribution >= 0.6 is 12.4 Å². The predicted molar refractivity (Wildman–Crippen MR) is 75.1 cm³/mol. The van der Waals surface area contributed by atoms with Crippen LogP contribution in [0.25, 0.3) is 0 Å². The Morgan fingerprint density at radius 1 is 1.16 bits per heavy atom. The van der Waals surface area contributed by atoms with Gasteiger partial charge in [0.2, 0.25) is 5.89 Å². The van der Waals surface area contributed by atoms with Gasteiger partial charge in [0, 0.05) is 6.42 Å². The monoisotopic (exact) mass is 279 g/mol. The predicted octanol–water partition coefficient (Wildman–Crippen LogP) is 2.61. The number of nitrogens with two attached hydrogens (primary N) is 1. The third kappa shape index (κ3) is 2.96. The highest BCUT2D eigenvalue weighted by molar-refractivity contribution is 5.85. The number of aromatic nitrogens is 2. The first kappa shape index (κ1) is 14.0. The molecule has 0 amide bonds. The van der Waals surface area contributed by atoms with Gasteiger partial charge in [-0.2, -0.15) is 4.98 Å². The Labute approximate surface area is 118 Å². The minimum atomic E-state index is -0.325. The molecule has 2 aromatic rings. The van der Waals surface area contributed by atoms with Crippen LogP contribution < -0.4 is 5.73 Å². The topological polar surface area (TPSA) is 64.9 Å². The quantitative estimate of drug-likeness (QED) is 0.934. The summed E-state index contributed by atoms with van der Waals surface area (Å²) in [5, 5.41) is 4.01. The standard InChI is InChI=1S/C14H17N3O.ClH/c15-14(9-4-10-14)13-16-12(18-17-13)8-7-11-5-2-1-3-6-11;/h1-3,5-6H,4,7-10,15H2;1H. The van der Waals surface area contributed by atoms with E-state index in [1.807, 2.05) is 18.2 Å². The molecule has 0 unspecified atom stereocenters. The molecule has 2 N–H and O–H groups in total. The SMILES string of the molecule is Cl.NC1(c2noc(CCc3ccccc3)n2)CCC1. The summed E-state index contributed by atoms with van der Waals surface area (Å²) in [7, 11) is 0. The maximum atomic E-state index is 6.16. The van der Waals surface area contributed by atoms with Crippen molar-refractivity contribution in [3.8, 4) is 0 Å². The Morgan fingerprint density at radius 2 is 1.89 bits per heavy atom. The van der Waals surface area contributed by atoms with Crippen molar-refractivity contribution in [2.24, 2.45) is 5.73 Å². The second-order valence-electron chi connectivity index (χ2n) is 5.01. The van der Waals surface area contributed by atoms with Crippen molar-refractivity contribution in [2.75, 3.05) is 0 Å². The van der Waals surface area contributed by atoms with E-state index < -0.39 is 0 Å². The first-order chi connectivity index (χ1) is 8.76. The molecule has 19 heavy (non-hydrogen) atoms. The lowest BCUT2D eigenvalue weighted by Gasteiger charge is -2.34. The largest absolute Gasteiger partial charge is 0.339 e. The summed E-state index contributed by atoms with van der Waals surface area (Å²) in [6.45, 7) is 0. The third-order valence-corrected chi connectivity index (χ3v) is 3.63. The van der Waals surface area contributed by atoms with Gasteiger partial charge in [0.15, 0.2) is 5.82 Å². The van der Waals surface area contributed by atoms with Gasteiger partial charge in [-0.25, -0.2) is 0 Å². The van der Waals surface area contributed by atoms with Gasteiger partial charge >= 0.3 is 0 Å². The lowest BCUT2D eigenvalue weighted by molar-refractivity contribution is 0.229. The number of rotatable bonds is 4. The number of aryl methyl sites for hydroxylation is 2. The van der Waals surface area contributed by atoms with Crippen LogP contribution in [0.1, 0.15) is 36.5 Å². The summed E-state index contributed by atoms with van der Waals surface area (Å²) in [5.74, 6) is 1.36. The molecule has 1 aromatic heterocycles. The van der Waals surface area contributed by atoms with Gasteiger partial charge in [-0.1, -0.05) is 35.5 Å². The fourth-order valence-corrected chi connectivity index (χ4v) is 2.24. The molecular formula is C14H18ClN3O. The van der Waals surface area contributed by atoms with Gasteiger partial charge in [0.25, 0.3) is 0 Å². The molecule has 102 valence electrons. The highest BCUT2D eigenvalue weighted by Crippen LogP contribution is 2.36. The summed E-state index contributed by atoms with van der Waals surface area (Å²) in [6, 6.07) is 10.3. The lowest BCUT2D eigenvalue weighted by atomic mass is 9.77. The molecule has 1 fully saturated rings. The molecule has 0 saturated heterocycles. The molecule has 3 rings (SSSR count). The molecule has 1 aliphatic carbocycles. The average molecular weight is 280 g/mol. The summed E-state index contributed by atoms with van der Waals surface area (Å²) in [4.78, 5) is 4.42. The van der Waals surface area contributed by atoms with E-state index in [9.17, 15) is 0 Å². The first-order valence-corrected chi connectivity index (χ1v) is 6.42. The molecular weight excluding hydrogens is 262 g/mol. The Kier molecular flexibility index (Phi) is 4.22. The Bertz CT molecular complexity index is 522. The zero-order valence-electron chi connectivity index (χ0n) is 10.7. The van der Waals surface area contributed by atoms with E-state index in [1.54, 1.807) is 0 Å². The van der Waals surface area contributed by atoms with Crippen LogP contribution in [0.15, 0.2) is 34.9 Å². The van der Waals surface area contributed by atoms with E-state index in [-0.39, 0.29) is 17.9 Å². The van der Waals surface area contributed by atoms with Gasteiger partial charge in [0.05, 0.1) is 5.54 Å². The van der Waals surface area contributed by atoms with Crippen LogP contribution in [0.3, 0.4) is 0 Å². The van der Waals surface area contributed by atoms with Crippen LogP contribution in [-0.2, 0) is 18.4 Å². The Hall–Kier alpha value is -1.39. The molecule has 0 radical (unpaired) electrons. The van der Waals surface area contributed by atoms with E-state index in [0.29, 0.717) is 11.7 Å². The first-order valence-electron chi connectivity index (χ1n) is 6.42. The van der Waals surface area contributed by atoms with Crippen molar-refractivity contribution in [3.05, 3.63) is 47.6 Å². The summed E-state index contributed by atoms with van der Waals surface area (Å²) < 4.78 is 5.27. The molecule has 0 spiro atoms. The van der Waals surface area contributed by atoms with Crippen LogP contribution in [-0.4, -0.2) is 10.1 Å². The van der Waals surface area contributed by atoms with Gasteiger partial charge in [-0.3, -0.25) is 0 Å². The van der Waals surface area contributed by atoms with Crippen molar-refractivity contribution in [2.45, 2.75) is 37.6 Å². The Balaban J connectivity index is 0.00000133. The smallest absolute Gasteiger partial charge is 0.227 e. The fraction of sp³-hybridized carbons (Fsp3) is 0.429. The van der Waals surface area contributed by atoms with E-state index >= 15 is 0 Å². The van der Waals surface area contributed by atoms with Crippen molar-refractivity contribution in [1.82, 2.24) is 10.1 Å². The molecule has 1 aliphatic rings. The van der Waals surface area contributed by atoms with E-state index in [1.165, 1.54) is 5.56 Å². The maximum Gasteiger partial charge on any atom is 0.227 e. The van der Waals surface area contributed by atoms with Gasteiger partial charge < -0.3 is 10.3 Å². The second-order valence-corrected chi connectivity index (χ2v) is 5.01. The average Bonchev–Trinajstić information content (AvgIpc) is 2.84. The molecule has 5 heteroatoms. The fourth-order valence-electron chi connectivity index (χ4n) is 2.24. The lowest BCUT2D eigenvalue weighted by Crippen LogP contribution is -2.44. The van der Waals surface area contributed by atoms with E-state index in [2.05, 4.69) is 22.3 Å². The minimum absolute atomic E-state index is 0. The van der Waals surface area contributed by atoms with Gasteiger partial charge in [-0.05, 0) is 31.2 Å². The molecule has 0 aliphatic heterocycles. The minimum Gasteiger partial charge on any atom is -0.339 e. The van der Waals surface area contributed by atoms with Gasteiger partial charge in [-0.15, -0.1) is 12.4 Å². The molecule has 1 heterocycles. The molecule has 4 nitrogen and oxygen atoms in total. The van der Waals surface area contributed by atoms with Crippen molar-refractivity contribution < 1.29 is 4.52 Å². The van der Waals surface area contributed by atoms with Crippen molar-refractivity contribution in [3.63, 3.8) is 0 Å². The van der Waals surface area contributed by atoms with Crippen LogP contribution in [0, 0.1) is 0 Å². The highest BCUT2D eigenvalue weighted by atomic mass is 35.5. The van der Waals surface area contributed by atoms with Crippen LogP contribution in [0.4, 0.5) is 0 Å². The van der Waals surface area contributed by atoms with Crippen LogP contribution in [0.5, 0.6) is 0 Å². The number of hydrogen-bond donors (Lipinski definition) is 1. The van der Waals surface area contributed by atoms with Crippen molar-refractivity contribution >= 4 is 12.4 Å². The van der Waals surface area contributed by atoms with Gasteiger partial charge in [0.1, 0.15) is 0 Å².